The molecule has 0 spiro atoms. The summed E-state index contributed by atoms with van der Waals surface area (Å²) in [6, 6.07) is 0. The lowest BCUT2D eigenvalue weighted by Gasteiger charge is -1.88. The van der Waals surface area contributed by atoms with Crippen LogP contribution in [0.25, 0.3) is 0 Å². The minimum Gasteiger partial charge on any atom is -0.292 e. The molecule has 16 heavy (non-hydrogen) atoms. The Labute approximate surface area is 107 Å². The number of nitrogens with one attached hydrogen (secondary N) is 1. The van der Waals surface area contributed by atoms with Gasteiger partial charge in [0.25, 0.3) is 0 Å². The lowest BCUT2D eigenvalue weighted by Crippen LogP contribution is -1.98. The third kappa shape index (κ3) is 4.69. The van der Waals surface area contributed by atoms with Gasteiger partial charge in [0.1, 0.15) is 5.69 Å². The van der Waals surface area contributed by atoms with Crippen LogP contribution in [0.4, 0.5) is 5.69 Å². The summed E-state index contributed by atoms with van der Waals surface area (Å²) in [4.78, 5) is 20.6. The van der Waals surface area contributed by atoms with Crippen molar-refractivity contribution >= 4 is 34.1 Å². The predicted octanol–water partition coefficient (Wildman–Crippen LogP) is 2.66. The van der Waals surface area contributed by atoms with Gasteiger partial charge < -0.3 is 0 Å². The van der Waals surface area contributed by atoms with Crippen LogP contribution in [0.5, 0.6) is 0 Å². The zero-order valence-corrected chi connectivity index (χ0v) is 11.7. The molecule has 1 rings (SSSR count). The average Bonchev–Trinajstić information content (AvgIpc) is 2.45. The Bertz CT molecular complexity index is 385. The summed E-state index contributed by atoms with van der Waals surface area (Å²) in [6.07, 6.45) is 0. The second-order valence-corrected chi connectivity index (χ2v) is 5.86. The van der Waals surface area contributed by atoms with Gasteiger partial charge in [-0.3, -0.25) is 20.0 Å². The number of aromatic amines is 1. The molecule has 1 N–H and O–H groups in total. The van der Waals surface area contributed by atoms with E-state index in [1.807, 2.05) is 0 Å². The zero-order valence-electron chi connectivity index (χ0n) is 9.57. The maximum atomic E-state index is 10.8. The van der Waals surface area contributed by atoms with E-state index in [9.17, 15) is 14.9 Å². The van der Waals surface area contributed by atoms with E-state index < -0.39 is 10.7 Å². The summed E-state index contributed by atoms with van der Waals surface area (Å²) in [5, 5.41) is 16.3. The monoisotopic (exact) mass is 339 g/mol. The van der Waals surface area contributed by atoms with Gasteiger partial charge >= 0.3 is 5.69 Å². The van der Waals surface area contributed by atoms with Crippen molar-refractivity contribution in [1.82, 2.24) is 10.2 Å². The van der Waals surface area contributed by atoms with Gasteiger partial charge in [0.15, 0.2) is 5.78 Å². The molecule has 0 amide bonds. The van der Waals surface area contributed by atoms with Gasteiger partial charge in [0, 0.05) is 10.8 Å². The molecule has 6 nitrogen and oxygen atoms in total. The van der Waals surface area contributed by atoms with Gasteiger partial charge in [0.2, 0.25) is 5.69 Å². The van der Waals surface area contributed by atoms with E-state index in [1.165, 1.54) is 13.8 Å². The molecule has 1 aromatic rings. The van der Waals surface area contributed by atoms with Crippen molar-refractivity contribution in [2.45, 2.75) is 31.6 Å². The van der Waals surface area contributed by atoms with Gasteiger partial charge in [-0.05, 0) is 6.92 Å². The Hall–Kier alpha value is -0.990. The lowest BCUT2D eigenvalue weighted by atomic mass is 10.2. The largest absolute Gasteiger partial charge is 0.320 e. The summed E-state index contributed by atoms with van der Waals surface area (Å²) >= 11 is 2.34. The maximum absolute atomic E-state index is 10.8. The zero-order chi connectivity index (χ0) is 12.9. The van der Waals surface area contributed by atoms with Crippen LogP contribution in [0.1, 0.15) is 37.0 Å². The van der Waals surface area contributed by atoms with E-state index in [0.29, 0.717) is 5.69 Å². The minimum absolute atomic E-state index is 0.113. The Morgan fingerprint density at radius 3 is 2.25 bits per heavy atom. The number of H-pyrrole nitrogens is 1. The van der Waals surface area contributed by atoms with Crippen LogP contribution in [0.2, 0.25) is 0 Å². The van der Waals surface area contributed by atoms with E-state index in [0.717, 1.165) is 3.92 Å². The lowest BCUT2D eigenvalue weighted by molar-refractivity contribution is -0.385. The van der Waals surface area contributed by atoms with Gasteiger partial charge in [-0.2, -0.15) is 5.10 Å². The number of carbonyl (C=O) groups is 1. The minimum atomic E-state index is -0.616. The fourth-order valence-corrected chi connectivity index (χ4v) is 0.892. The summed E-state index contributed by atoms with van der Waals surface area (Å²) in [5.74, 6) is -0.411. The summed E-state index contributed by atoms with van der Waals surface area (Å²) in [7, 11) is 0. The number of nitrogens with zero attached hydrogens (tertiary/aromatic N) is 2. The number of hydrogen-bond acceptors (Lipinski definition) is 4. The van der Waals surface area contributed by atoms with E-state index in [2.05, 4.69) is 46.6 Å². The van der Waals surface area contributed by atoms with Gasteiger partial charge in [-0.15, -0.1) is 0 Å². The molecule has 90 valence electrons. The van der Waals surface area contributed by atoms with Crippen LogP contribution in [-0.2, 0) is 0 Å². The van der Waals surface area contributed by atoms with Crippen molar-refractivity contribution < 1.29 is 9.72 Å². The second-order valence-electron chi connectivity index (χ2n) is 3.37. The molecule has 0 bridgehead atoms. The molecule has 0 aliphatic carbocycles. The molecule has 0 aliphatic heterocycles. The molecule has 0 atom stereocenters. The first-order chi connectivity index (χ1) is 7.27. The number of nitro groups is 1. The Morgan fingerprint density at radius 1 is 1.56 bits per heavy atom. The molecular formula is C9H14IN3O3. The number of rotatable bonds is 2. The van der Waals surface area contributed by atoms with Crippen LogP contribution in [0.3, 0.4) is 0 Å². The molecule has 1 heterocycles. The first-order valence-electron chi connectivity index (χ1n) is 4.61. The van der Waals surface area contributed by atoms with E-state index in [4.69, 9.17) is 0 Å². The Kier molecular flexibility index (Phi) is 6.16. The second kappa shape index (κ2) is 6.56. The van der Waals surface area contributed by atoms with Gasteiger partial charge in [-0.1, -0.05) is 36.4 Å². The normalized spacial score (nSPS) is 9.62. The van der Waals surface area contributed by atoms with Gasteiger partial charge in [-0.25, -0.2) is 0 Å². The highest BCUT2D eigenvalue weighted by Gasteiger charge is 2.23. The third-order valence-electron chi connectivity index (χ3n) is 1.43. The van der Waals surface area contributed by atoms with Crippen molar-refractivity contribution in [1.29, 1.82) is 0 Å². The first-order valence-corrected chi connectivity index (χ1v) is 5.86. The maximum Gasteiger partial charge on any atom is 0.320 e. The smallest absolute Gasteiger partial charge is 0.292 e. The number of ketones is 1. The van der Waals surface area contributed by atoms with Crippen molar-refractivity contribution in [3.8, 4) is 0 Å². The van der Waals surface area contributed by atoms with E-state index >= 15 is 0 Å². The standard InChI is InChI=1S/C6H7N3O3.C3H7I/c1-3-6(9(11)12)5(4(2)10)8-7-3;1-3(2)4/h1-2H3,(H,7,8);3H,1-2H3. The fourth-order valence-electron chi connectivity index (χ4n) is 0.892. The Balaban J connectivity index is 0.000000487. The van der Waals surface area contributed by atoms with Gasteiger partial charge in [0.05, 0.1) is 4.92 Å². The number of halogens is 1. The van der Waals surface area contributed by atoms with Crippen LogP contribution in [0.15, 0.2) is 0 Å². The number of alkyl halides is 1. The van der Waals surface area contributed by atoms with Crippen LogP contribution >= 0.6 is 22.6 Å². The number of aromatic nitrogens is 2. The van der Waals surface area contributed by atoms with Crippen molar-refractivity contribution in [2.75, 3.05) is 0 Å². The van der Waals surface area contributed by atoms with Crippen LogP contribution in [0, 0.1) is 17.0 Å². The number of aryl methyl sites for hydroxylation is 1. The quantitative estimate of drug-likeness (QED) is 0.295. The van der Waals surface area contributed by atoms with Crippen molar-refractivity contribution in [3.63, 3.8) is 0 Å². The molecule has 0 saturated carbocycles. The summed E-state index contributed by atoms with van der Waals surface area (Å²) in [5.41, 5.74) is -0.0507. The molecule has 0 unspecified atom stereocenters. The average molecular weight is 339 g/mol. The summed E-state index contributed by atoms with van der Waals surface area (Å²) < 4.78 is 0.803. The Morgan fingerprint density at radius 2 is 2.00 bits per heavy atom. The molecule has 0 aliphatic rings. The van der Waals surface area contributed by atoms with Crippen LogP contribution < -0.4 is 0 Å². The highest BCUT2D eigenvalue weighted by atomic mass is 127. The third-order valence-corrected chi connectivity index (χ3v) is 1.43. The molecule has 0 radical (unpaired) electrons. The van der Waals surface area contributed by atoms with E-state index in [1.54, 1.807) is 0 Å². The molecule has 0 aromatic carbocycles. The first kappa shape index (κ1) is 15.0. The molecule has 0 saturated heterocycles. The SMILES string of the molecule is CC(=O)c1n[nH]c(C)c1[N+](=O)[O-].CC(C)I. The van der Waals surface area contributed by atoms with Crippen LogP contribution in [-0.4, -0.2) is 24.8 Å². The number of carbonyl (C=O) groups excluding carboxylic acids is 1. The predicted molar refractivity (Wildman–Crippen MR) is 69.1 cm³/mol. The molecular weight excluding hydrogens is 325 g/mol. The van der Waals surface area contributed by atoms with Crippen molar-refractivity contribution in [3.05, 3.63) is 21.5 Å². The topological polar surface area (TPSA) is 88.9 Å². The van der Waals surface area contributed by atoms with Crippen molar-refractivity contribution in [2.24, 2.45) is 0 Å². The number of Topliss-reactive ketones (excluding diaryl/α,β-unsaturated/α-hetero) is 1. The van der Waals surface area contributed by atoms with E-state index in [-0.39, 0.29) is 11.4 Å². The molecule has 7 heteroatoms. The molecule has 1 aromatic heterocycles. The highest BCUT2D eigenvalue weighted by Crippen LogP contribution is 2.19. The molecule has 0 fully saturated rings. The number of hydrogen-bond donors (Lipinski definition) is 1. The fraction of sp³-hybridized carbons (Fsp3) is 0.556. The summed E-state index contributed by atoms with van der Waals surface area (Å²) in [6.45, 7) is 7.04. The highest BCUT2D eigenvalue weighted by molar-refractivity contribution is 14.1.